The summed E-state index contributed by atoms with van der Waals surface area (Å²) in [5.41, 5.74) is 2.36. The van der Waals surface area contributed by atoms with Gasteiger partial charge in [0.2, 0.25) is 11.8 Å². The second-order valence-corrected chi connectivity index (χ2v) is 7.77. The first-order valence-corrected chi connectivity index (χ1v) is 10.2. The molecule has 146 valence electrons. The Bertz CT molecular complexity index is 775. The molecule has 1 aliphatic rings. The predicted octanol–water partition coefficient (Wildman–Crippen LogP) is 3.55. The highest BCUT2D eigenvalue weighted by molar-refractivity contribution is 5.83. The Hall–Kier alpha value is -2.30. The molecule has 1 unspecified atom stereocenters. The maximum absolute atomic E-state index is 12.5. The van der Waals surface area contributed by atoms with Gasteiger partial charge in [-0.25, -0.2) is 0 Å². The van der Waals surface area contributed by atoms with Crippen LogP contribution in [0, 0.1) is 11.8 Å². The van der Waals surface area contributed by atoms with E-state index in [-0.39, 0.29) is 29.7 Å². The Balaban J connectivity index is 1.41. The fourth-order valence-electron chi connectivity index (χ4n) is 3.88. The van der Waals surface area contributed by atoms with Crippen molar-refractivity contribution in [3.05, 3.63) is 36.0 Å². The highest BCUT2D eigenvalue weighted by atomic mass is 16.2. The molecular formula is C22H31N3O2. The maximum atomic E-state index is 12.5. The molecular weight excluding hydrogens is 338 g/mol. The number of rotatable bonds is 7. The number of hydrogen-bond donors (Lipinski definition) is 3. The Kier molecular flexibility index (Phi) is 6.54. The number of amides is 2. The SMILES string of the molecule is CCC(C)NC(=O)C1CCC(C(=O)NCCc2c[nH]c3ccccc23)CC1. The van der Waals surface area contributed by atoms with Gasteiger partial charge in [0.1, 0.15) is 0 Å². The molecule has 0 saturated heterocycles. The van der Waals surface area contributed by atoms with Crippen LogP contribution in [0.25, 0.3) is 10.9 Å². The first kappa shape index (κ1) is 19.5. The largest absolute Gasteiger partial charge is 0.361 e. The molecule has 0 bridgehead atoms. The van der Waals surface area contributed by atoms with E-state index in [1.165, 1.54) is 10.9 Å². The first-order chi connectivity index (χ1) is 13.1. The lowest BCUT2D eigenvalue weighted by atomic mass is 9.81. The van der Waals surface area contributed by atoms with Crippen molar-refractivity contribution >= 4 is 22.7 Å². The van der Waals surface area contributed by atoms with Crippen LogP contribution in [0.4, 0.5) is 0 Å². The van der Waals surface area contributed by atoms with E-state index in [9.17, 15) is 9.59 Å². The molecule has 27 heavy (non-hydrogen) atoms. The van der Waals surface area contributed by atoms with Crippen LogP contribution in [0.5, 0.6) is 0 Å². The number of hydrogen-bond acceptors (Lipinski definition) is 2. The summed E-state index contributed by atoms with van der Waals surface area (Å²) >= 11 is 0. The van der Waals surface area contributed by atoms with Crippen LogP contribution in [-0.2, 0) is 16.0 Å². The Morgan fingerprint density at radius 3 is 2.48 bits per heavy atom. The van der Waals surface area contributed by atoms with Gasteiger partial charge in [-0.15, -0.1) is 0 Å². The van der Waals surface area contributed by atoms with Crippen LogP contribution < -0.4 is 10.6 Å². The van der Waals surface area contributed by atoms with Crippen molar-refractivity contribution in [2.45, 2.75) is 58.4 Å². The summed E-state index contributed by atoms with van der Waals surface area (Å²) < 4.78 is 0. The summed E-state index contributed by atoms with van der Waals surface area (Å²) in [5.74, 6) is 0.396. The molecule has 1 aromatic carbocycles. The molecule has 5 heteroatoms. The minimum Gasteiger partial charge on any atom is -0.361 e. The van der Waals surface area contributed by atoms with Gasteiger partial charge >= 0.3 is 0 Å². The predicted molar refractivity (Wildman–Crippen MR) is 108 cm³/mol. The van der Waals surface area contributed by atoms with Gasteiger partial charge in [0.25, 0.3) is 0 Å². The zero-order chi connectivity index (χ0) is 19.2. The molecule has 2 aromatic rings. The summed E-state index contributed by atoms with van der Waals surface area (Å²) in [6.07, 6.45) is 7.01. The molecule has 0 aliphatic heterocycles. The summed E-state index contributed by atoms with van der Waals surface area (Å²) in [7, 11) is 0. The molecule has 1 heterocycles. The van der Waals surface area contributed by atoms with Crippen molar-refractivity contribution in [3.8, 4) is 0 Å². The summed E-state index contributed by atoms with van der Waals surface area (Å²) in [5, 5.41) is 7.37. The number of fused-ring (bicyclic) bond motifs is 1. The summed E-state index contributed by atoms with van der Waals surface area (Å²) in [4.78, 5) is 28.0. The Morgan fingerprint density at radius 2 is 1.78 bits per heavy atom. The highest BCUT2D eigenvalue weighted by Crippen LogP contribution is 2.29. The molecule has 3 rings (SSSR count). The summed E-state index contributed by atoms with van der Waals surface area (Å²) in [6.45, 7) is 4.75. The van der Waals surface area contributed by atoms with Gasteiger partial charge in [-0.05, 0) is 57.1 Å². The lowest BCUT2D eigenvalue weighted by molar-refractivity contribution is -0.130. The number of aromatic amines is 1. The van der Waals surface area contributed by atoms with Crippen molar-refractivity contribution in [1.82, 2.24) is 15.6 Å². The van der Waals surface area contributed by atoms with E-state index >= 15 is 0 Å². The van der Waals surface area contributed by atoms with E-state index in [0.29, 0.717) is 6.54 Å². The molecule has 2 amide bonds. The number of benzene rings is 1. The van der Waals surface area contributed by atoms with Crippen LogP contribution in [0.3, 0.4) is 0 Å². The van der Waals surface area contributed by atoms with Crippen molar-refractivity contribution in [2.24, 2.45) is 11.8 Å². The van der Waals surface area contributed by atoms with E-state index < -0.39 is 0 Å². The van der Waals surface area contributed by atoms with E-state index in [2.05, 4.69) is 34.7 Å². The molecule has 1 aliphatic carbocycles. The normalized spacial score (nSPS) is 21.0. The minimum atomic E-state index is 0.0422. The van der Waals surface area contributed by atoms with E-state index in [0.717, 1.165) is 44.0 Å². The summed E-state index contributed by atoms with van der Waals surface area (Å²) in [6, 6.07) is 8.45. The molecule has 1 atom stereocenters. The third-order valence-electron chi connectivity index (χ3n) is 5.84. The lowest BCUT2D eigenvalue weighted by Gasteiger charge is -2.28. The molecule has 1 aromatic heterocycles. The van der Waals surface area contributed by atoms with Crippen molar-refractivity contribution in [1.29, 1.82) is 0 Å². The van der Waals surface area contributed by atoms with E-state index in [1.807, 2.05) is 25.3 Å². The van der Waals surface area contributed by atoms with E-state index in [4.69, 9.17) is 0 Å². The standard InChI is InChI=1S/C22H31N3O2/c1-3-15(2)25-22(27)17-10-8-16(9-11-17)21(26)23-13-12-18-14-24-20-7-5-4-6-19(18)20/h4-7,14-17,24H,3,8-13H2,1-2H3,(H,23,26)(H,25,27). The van der Waals surface area contributed by atoms with Gasteiger partial charge in [0.05, 0.1) is 0 Å². The number of H-pyrrole nitrogens is 1. The van der Waals surface area contributed by atoms with Crippen LogP contribution in [0.2, 0.25) is 0 Å². The topological polar surface area (TPSA) is 74.0 Å². The van der Waals surface area contributed by atoms with Crippen LogP contribution >= 0.6 is 0 Å². The molecule has 0 radical (unpaired) electrons. The van der Waals surface area contributed by atoms with Gasteiger partial charge < -0.3 is 15.6 Å². The second kappa shape index (κ2) is 9.07. The Morgan fingerprint density at radius 1 is 1.11 bits per heavy atom. The number of aromatic nitrogens is 1. The number of para-hydroxylation sites is 1. The fourth-order valence-corrected chi connectivity index (χ4v) is 3.88. The van der Waals surface area contributed by atoms with Crippen LogP contribution in [-0.4, -0.2) is 29.4 Å². The second-order valence-electron chi connectivity index (χ2n) is 7.77. The van der Waals surface area contributed by atoms with Gasteiger partial charge in [-0.2, -0.15) is 0 Å². The van der Waals surface area contributed by atoms with Gasteiger partial charge in [-0.3, -0.25) is 9.59 Å². The fraction of sp³-hybridized carbons (Fsp3) is 0.545. The molecule has 1 fully saturated rings. The zero-order valence-corrected chi connectivity index (χ0v) is 16.4. The third kappa shape index (κ3) is 4.90. The molecule has 5 nitrogen and oxygen atoms in total. The molecule has 1 saturated carbocycles. The monoisotopic (exact) mass is 369 g/mol. The quantitative estimate of drug-likeness (QED) is 0.698. The minimum absolute atomic E-state index is 0.0422. The first-order valence-electron chi connectivity index (χ1n) is 10.2. The van der Waals surface area contributed by atoms with Gasteiger partial charge in [0, 0.05) is 41.5 Å². The smallest absolute Gasteiger partial charge is 0.223 e. The van der Waals surface area contributed by atoms with Gasteiger partial charge in [-0.1, -0.05) is 25.1 Å². The maximum Gasteiger partial charge on any atom is 0.223 e. The number of carbonyl (C=O) groups excluding carboxylic acids is 2. The average Bonchev–Trinajstić information content (AvgIpc) is 3.11. The van der Waals surface area contributed by atoms with Crippen LogP contribution in [0.1, 0.15) is 51.5 Å². The number of nitrogens with one attached hydrogen (secondary N) is 3. The number of carbonyl (C=O) groups is 2. The zero-order valence-electron chi connectivity index (χ0n) is 16.4. The third-order valence-corrected chi connectivity index (χ3v) is 5.84. The molecule has 3 N–H and O–H groups in total. The van der Waals surface area contributed by atoms with Crippen molar-refractivity contribution < 1.29 is 9.59 Å². The highest BCUT2D eigenvalue weighted by Gasteiger charge is 2.30. The van der Waals surface area contributed by atoms with E-state index in [1.54, 1.807) is 0 Å². The van der Waals surface area contributed by atoms with Crippen molar-refractivity contribution in [3.63, 3.8) is 0 Å². The lowest BCUT2D eigenvalue weighted by Crippen LogP contribution is -2.40. The van der Waals surface area contributed by atoms with Crippen LogP contribution in [0.15, 0.2) is 30.5 Å². The van der Waals surface area contributed by atoms with Crippen molar-refractivity contribution in [2.75, 3.05) is 6.54 Å². The van der Waals surface area contributed by atoms with Gasteiger partial charge in [0.15, 0.2) is 0 Å². The Labute approximate surface area is 161 Å². The average molecular weight is 370 g/mol. The molecule has 0 spiro atoms.